The van der Waals surface area contributed by atoms with Gasteiger partial charge in [0.15, 0.2) is 6.10 Å². The molecule has 1 heterocycles. The van der Waals surface area contributed by atoms with Gasteiger partial charge in [0.05, 0.1) is 6.61 Å². The predicted octanol–water partition coefficient (Wildman–Crippen LogP) is 0.218. The number of hydrogen-bond acceptors (Lipinski definition) is 5. The van der Waals surface area contributed by atoms with Crippen molar-refractivity contribution in [2.45, 2.75) is 25.5 Å². The molecule has 2 atom stereocenters. The van der Waals surface area contributed by atoms with Crippen LogP contribution in [0.15, 0.2) is 5.16 Å². The molecular weight excluding hydrogens is 196 g/mol. The Morgan fingerprint density at radius 1 is 2.00 bits per heavy atom. The minimum atomic E-state index is -0.819. The zero-order valence-electron chi connectivity index (χ0n) is 7.20. The SMILES string of the molecule is CCOC(=O)C(N)C1CC(Cl)=NO1. The van der Waals surface area contributed by atoms with E-state index in [-0.39, 0.29) is 0 Å². The smallest absolute Gasteiger partial charge is 0.326 e. The molecule has 0 aromatic carbocycles. The van der Waals surface area contributed by atoms with Gasteiger partial charge in [-0.25, -0.2) is 0 Å². The van der Waals surface area contributed by atoms with Gasteiger partial charge >= 0.3 is 5.97 Å². The van der Waals surface area contributed by atoms with E-state index < -0.39 is 18.1 Å². The molecule has 1 rings (SSSR count). The summed E-state index contributed by atoms with van der Waals surface area (Å²) in [5.74, 6) is -0.492. The van der Waals surface area contributed by atoms with Gasteiger partial charge in [-0.05, 0) is 6.92 Å². The molecule has 13 heavy (non-hydrogen) atoms. The van der Waals surface area contributed by atoms with E-state index >= 15 is 0 Å². The van der Waals surface area contributed by atoms with Gasteiger partial charge in [-0.15, -0.1) is 0 Å². The second kappa shape index (κ2) is 4.43. The number of esters is 1. The molecule has 0 aromatic heterocycles. The number of carbonyl (C=O) groups is 1. The summed E-state index contributed by atoms with van der Waals surface area (Å²) >= 11 is 5.55. The van der Waals surface area contributed by atoms with Crippen molar-refractivity contribution < 1.29 is 14.4 Å². The van der Waals surface area contributed by atoms with Crippen LogP contribution in [0, 0.1) is 0 Å². The van der Waals surface area contributed by atoms with Crippen LogP contribution in [0.2, 0.25) is 0 Å². The number of oxime groups is 1. The lowest BCUT2D eigenvalue weighted by Crippen LogP contribution is -2.43. The van der Waals surface area contributed by atoms with E-state index in [4.69, 9.17) is 26.9 Å². The quantitative estimate of drug-likeness (QED) is 0.671. The lowest BCUT2D eigenvalue weighted by Gasteiger charge is -2.14. The molecule has 0 saturated carbocycles. The first-order valence-electron chi connectivity index (χ1n) is 3.95. The van der Waals surface area contributed by atoms with Crippen molar-refractivity contribution in [3.8, 4) is 0 Å². The minimum Gasteiger partial charge on any atom is -0.465 e. The van der Waals surface area contributed by atoms with Crippen molar-refractivity contribution in [2.75, 3.05) is 6.61 Å². The fourth-order valence-electron chi connectivity index (χ4n) is 0.948. The van der Waals surface area contributed by atoms with E-state index in [0.29, 0.717) is 18.2 Å². The van der Waals surface area contributed by atoms with Crippen LogP contribution in [0.3, 0.4) is 0 Å². The average Bonchev–Trinajstić information content (AvgIpc) is 2.51. The van der Waals surface area contributed by atoms with Crippen LogP contribution in [0.1, 0.15) is 13.3 Å². The minimum absolute atomic E-state index is 0.299. The maximum absolute atomic E-state index is 11.1. The fraction of sp³-hybridized carbons (Fsp3) is 0.714. The van der Waals surface area contributed by atoms with E-state index in [0.717, 1.165) is 0 Å². The standard InChI is InChI=1S/C7H11ClN2O3/c1-2-12-7(11)6(9)4-3-5(8)10-13-4/h4,6H,2-3,9H2,1H3. The second-order valence-corrected chi connectivity index (χ2v) is 3.03. The Balaban J connectivity index is 2.40. The highest BCUT2D eigenvalue weighted by molar-refractivity contribution is 6.65. The summed E-state index contributed by atoms with van der Waals surface area (Å²) in [7, 11) is 0. The normalized spacial score (nSPS) is 23.3. The fourth-order valence-corrected chi connectivity index (χ4v) is 1.14. The molecule has 0 radical (unpaired) electrons. The molecule has 5 nitrogen and oxygen atoms in total. The van der Waals surface area contributed by atoms with Crippen molar-refractivity contribution >= 4 is 22.7 Å². The Morgan fingerprint density at radius 2 is 2.69 bits per heavy atom. The van der Waals surface area contributed by atoms with Crippen molar-refractivity contribution in [2.24, 2.45) is 10.9 Å². The zero-order valence-corrected chi connectivity index (χ0v) is 7.95. The molecule has 74 valence electrons. The molecular formula is C7H11ClN2O3. The van der Waals surface area contributed by atoms with E-state index in [1.165, 1.54) is 0 Å². The Morgan fingerprint density at radius 3 is 3.15 bits per heavy atom. The van der Waals surface area contributed by atoms with E-state index in [2.05, 4.69) is 5.16 Å². The number of rotatable bonds is 3. The van der Waals surface area contributed by atoms with Crippen LogP contribution in [-0.2, 0) is 14.4 Å². The van der Waals surface area contributed by atoms with Gasteiger partial charge in [-0.1, -0.05) is 16.8 Å². The number of ether oxygens (including phenoxy) is 1. The first-order chi connectivity index (χ1) is 6.15. The summed E-state index contributed by atoms with van der Waals surface area (Å²) in [4.78, 5) is 15.9. The van der Waals surface area contributed by atoms with Crippen molar-refractivity contribution in [1.29, 1.82) is 0 Å². The van der Waals surface area contributed by atoms with Crippen molar-refractivity contribution in [1.82, 2.24) is 0 Å². The van der Waals surface area contributed by atoms with Gasteiger partial charge in [0, 0.05) is 6.42 Å². The average molecular weight is 207 g/mol. The third-order valence-corrected chi connectivity index (χ3v) is 1.84. The molecule has 0 aromatic rings. The van der Waals surface area contributed by atoms with E-state index in [1.807, 2.05) is 0 Å². The maximum Gasteiger partial charge on any atom is 0.326 e. The summed E-state index contributed by atoms with van der Waals surface area (Å²) in [6.45, 7) is 2.01. The summed E-state index contributed by atoms with van der Waals surface area (Å²) in [5, 5.41) is 3.80. The number of hydrogen-bond donors (Lipinski definition) is 1. The van der Waals surface area contributed by atoms with Crippen LogP contribution in [0.4, 0.5) is 0 Å². The maximum atomic E-state index is 11.1. The van der Waals surface area contributed by atoms with Crippen molar-refractivity contribution in [3.05, 3.63) is 0 Å². The van der Waals surface area contributed by atoms with Crippen LogP contribution in [0.25, 0.3) is 0 Å². The molecule has 2 unspecified atom stereocenters. The van der Waals surface area contributed by atoms with E-state index in [9.17, 15) is 4.79 Å². The second-order valence-electron chi connectivity index (χ2n) is 2.59. The molecule has 0 fully saturated rings. The molecule has 1 aliphatic rings. The Kier molecular flexibility index (Phi) is 3.50. The molecule has 0 aliphatic carbocycles. The highest BCUT2D eigenvalue weighted by Gasteiger charge is 2.32. The monoisotopic (exact) mass is 206 g/mol. The molecule has 6 heteroatoms. The van der Waals surface area contributed by atoms with Gasteiger partial charge in [-0.3, -0.25) is 4.79 Å². The topological polar surface area (TPSA) is 73.9 Å². The predicted molar refractivity (Wildman–Crippen MR) is 47.4 cm³/mol. The van der Waals surface area contributed by atoms with Gasteiger partial charge in [0.1, 0.15) is 11.2 Å². The molecule has 2 N–H and O–H groups in total. The van der Waals surface area contributed by atoms with Crippen LogP contribution < -0.4 is 5.73 Å². The summed E-state index contributed by atoms with van der Waals surface area (Å²) in [6.07, 6.45) is -0.131. The first kappa shape index (κ1) is 10.3. The summed E-state index contributed by atoms with van der Waals surface area (Å²) in [5.41, 5.74) is 5.54. The molecule has 1 aliphatic heterocycles. The highest BCUT2D eigenvalue weighted by Crippen LogP contribution is 2.15. The van der Waals surface area contributed by atoms with Crippen molar-refractivity contribution in [3.63, 3.8) is 0 Å². The number of nitrogens with two attached hydrogens (primary N) is 1. The zero-order chi connectivity index (χ0) is 9.84. The van der Waals surface area contributed by atoms with Gasteiger partial charge in [0.25, 0.3) is 0 Å². The Labute approximate surface area is 80.8 Å². The third kappa shape index (κ3) is 2.57. The summed E-state index contributed by atoms with van der Waals surface area (Å²) < 4.78 is 4.71. The van der Waals surface area contributed by atoms with Gasteiger partial charge in [0.2, 0.25) is 0 Å². The Hall–Kier alpha value is -0.810. The first-order valence-corrected chi connectivity index (χ1v) is 4.33. The lowest BCUT2D eigenvalue weighted by atomic mass is 10.1. The molecule has 0 saturated heterocycles. The molecule has 0 spiro atoms. The number of nitrogens with zero attached hydrogens (tertiary/aromatic N) is 1. The Bertz CT molecular complexity index is 232. The molecule has 0 amide bonds. The van der Waals surface area contributed by atoms with Gasteiger partial charge in [-0.2, -0.15) is 0 Å². The summed E-state index contributed by atoms with van der Waals surface area (Å²) in [6, 6.07) is -0.819. The van der Waals surface area contributed by atoms with Crippen LogP contribution in [-0.4, -0.2) is 29.9 Å². The van der Waals surface area contributed by atoms with Crippen LogP contribution in [0.5, 0.6) is 0 Å². The third-order valence-electron chi connectivity index (χ3n) is 1.62. The number of halogens is 1. The largest absolute Gasteiger partial charge is 0.465 e. The van der Waals surface area contributed by atoms with Gasteiger partial charge < -0.3 is 15.3 Å². The highest BCUT2D eigenvalue weighted by atomic mass is 35.5. The number of carbonyl (C=O) groups excluding carboxylic acids is 1. The lowest BCUT2D eigenvalue weighted by molar-refractivity contribution is -0.148. The van der Waals surface area contributed by atoms with Crippen LogP contribution >= 0.6 is 11.6 Å². The molecule has 0 bridgehead atoms. The van der Waals surface area contributed by atoms with E-state index in [1.54, 1.807) is 6.92 Å².